The third-order valence-electron chi connectivity index (χ3n) is 2.78. The van der Waals surface area contributed by atoms with Crippen LogP contribution >= 0.6 is 0 Å². The molecule has 6 heteroatoms. The summed E-state index contributed by atoms with van der Waals surface area (Å²) in [5, 5.41) is 11.8. The molecule has 1 rings (SSSR count). The van der Waals surface area contributed by atoms with Gasteiger partial charge >= 0.3 is 5.97 Å². The maximum absolute atomic E-state index is 11.6. The van der Waals surface area contributed by atoms with Gasteiger partial charge in [-0.25, -0.2) is 0 Å². The van der Waals surface area contributed by atoms with Gasteiger partial charge < -0.3 is 15.2 Å². The molecular formula is C11H20N2O4. The summed E-state index contributed by atoms with van der Waals surface area (Å²) >= 11 is 0. The fourth-order valence-electron chi connectivity index (χ4n) is 1.92. The molecule has 0 aromatic rings. The molecule has 1 aliphatic heterocycles. The van der Waals surface area contributed by atoms with Crippen molar-refractivity contribution in [2.24, 2.45) is 5.92 Å². The number of hydrogen-bond acceptors (Lipinski definition) is 4. The highest BCUT2D eigenvalue weighted by atomic mass is 16.5. The molecule has 2 N–H and O–H groups in total. The SMILES string of the molecule is CC(C)NC(=O)CN(C)C1COCC1C(=O)O. The molecule has 0 spiro atoms. The van der Waals surface area contributed by atoms with Crippen LogP contribution in [0.25, 0.3) is 0 Å². The molecule has 1 aliphatic rings. The van der Waals surface area contributed by atoms with Crippen molar-refractivity contribution in [1.29, 1.82) is 0 Å². The molecule has 98 valence electrons. The highest BCUT2D eigenvalue weighted by Gasteiger charge is 2.37. The molecular weight excluding hydrogens is 224 g/mol. The number of carbonyl (C=O) groups excluding carboxylic acids is 1. The van der Waals surface area contributed by atoms with Crippen molar-refractivity contribution < 1.29 is 19.4 Å². The molecule has 1 amide bonds. The fraction of sp³-hybridized carbons (Fsp3) is 0.818. The topological polar surface area (TPSA) is 78.9 Å². The number of carbonyl (C=O) groups is 2. The Kier molecular flexibility index (Phi) is 4.89. The zero-order valence-electron chi connectivity index (χ0n) is 10.5. The van der Waals surface area contributed by atoms with E-state index in [0.717, 1.165) is 0 Å². The largest absolute Gasteiger partial charge is 0.481 e. The second kappa shape index (κ2) is 5.97. The number of hydrogen-bond donors (Lipinski definition) is 2. The summed E-state index contributed by atoms with van der Waals surface area (Å²) in [7, 11) is 1.75. The first kappa shape index (κ1) is 13.9. The van der Waals surface area contributed by atoms with E-state index in [2.05, 4.69) is 5.32 Å². The number of nitrogens with one attached hydrogen (secondary N) is 1. The van der Waals surface area contributed by atoms with Crippen molar-refractivity contribution in [3.8, 4) is 0 Å². The molecule has 2 atom stereocenters. The van der Waals surface area contributed by atoms with E-state index in [9.17, 15) is 9.59 Å². The van der Waals surface area contributed by atoms with Gasteiger partial charge in [-0.05, 0) is 20.9 Å². The molecule has 0 radical (unpaired) electrons. The molecule has 6 nitrogen and oxygen atoms in total. The van der Waals surface area contributed by atoms with Crippen molar-refractivity contribution in [1.82, 2.24) is 10.2 Å². The van der Waals surface area contributed by atoms with Gasteiger partial charge in [-0.3, -0.25) is 14.5 Å². The second-order valence-corrected chi connectivity index (χ2v) is 4.69. The maximum atomic E-state index is 11.6. The van der Waals surface area contributed by atoms with E-state index < -0.39 is 11.9 Å². The molecule has 0 bridgehead atoms. The Hall–Kier alpha value is -1.14. The molecule has 0 aliphatic carbocycles. The highest BCUT2D eigenvalue weighted by Crippen LogP contribution is 2.18. The van der Waals surface area contributed by atoms with Crippen molar-refractivity contribution in [3.05, 3.63) is 0 Å². The summed E-state index contributed by atoms with van der Waals surface area (Å²) < 4.78 is 5.16. The molecule has 0 aromatic carbocycles. The van der Waals surface area contributed by atoms with Crippen LogP contribution in [0.5, 0.6) is 0 Å². The smallest absolute Gasteiger partial charge is 0.310 e. The third kappa shape index (κ3) is 3.98. The van der Waals surface area contributed by atoms with Crippen molar-refractivity contribution in [3.63, 3.8) is 0 Å². The molecule has 0 aromatic heterocycles. The van der Waals surface area contributed by atoms with Gasteiger partial charge in [-0.1, -0.05) is 0 Å². The molecule has 1 heterocycles. The zero-order valence-corrected chi connectivity index (χ0v) is 10.5. The Morgan fingerprint density at radius 1 is 1.47 bits per heavy atom. The van der Waals surface area contributed by atoms with E-state index >= 15 is 0 Å². The highest BCUT2D eigenvalue weighted by molar-refractivity contribution is 5.78. The fourth-order valence-corrected chi connectivity index (χ4v) is 1.92. The molecule has 1 saturated heterocycles. The number of carboxylic acids is 1. The zero-order chi connectivity index (χ0) is 13.0. The Morgan fingerprint density at radius 3 is 2.65 bits per heavy atom. The lowest BCUT2D eigenvalue weighted by molar-refractivity contribution is -0.143. The van der Waals surface area contributed by atoms with E-state index in [4.69, 9.17) is 9.84 Å². The summed E-state index contributed by atoms with van der Waals surface area (Å²) in [6.07, 6.45) is 0. The Morgan fingerprint density at radius 2 is 2.12 bits per heavy atom. The first-order valence-electron chi connectivity index (χ1n) is 5.72. The van der Waals surface area contributed by atoms with E-state index in [1.165, 1.54) is 0 Å². The van der Waals surface area contributed by atoms with Crippen molar-refractivity contribution in [2.45, 2.75) is 25.9 Å². The van der Waals surface area contributed by atoms with Gasteiger partial charge in [-0.2, -0.15) is 0 Å². The van der Waals surface area contributed by atoms with Gasteiger partial charge in [0.2, 0.25) is 5.91 Å². The maximum Gasteiger partial charge on any atom is 0.310 e. The first-order chi connectivity index (χ1) is 7.91. The van der Waals surface area contributed by atoms with Crippen LogP contribution in [-0.2, 0) is 14.3 Å². The van der Waals surface area contributed by atoms with E-state index in [0.29, 0.717) is 6.61 Å². The summed E-state index contributed by atoms with van der Waals surface area (Å²) in [6.45, 7) is 4.54. The number of aliphatic carboxylic acids is 1. The van der Waals surface area contributed by atoms with E-state index in [-0.39, 0.29) is 31.1 Å². The van der Waals surface area contributed by atoms with Gasteiger partial charge in [0.15, 0.2) is 0 Å². The van der Waals surface area contributed by atoms with Gasteiger partial charge in [0.25, 0.3) is 0 Å². The van der Waals surface area contributed by atoms with Crippen LogP contribution in [-0.4, -0.2) is 60.8 Å². The molecule has 0 saturated carbocycles. The Balaban J connectivity index is 2.49. The first-order valence-corrected chi connectivity index (χ1v) is 5.72. The van der Waals surface area contributed by atoms with Crippen LogP contribution in [0.1, 0.15) is 13.8 Å². The Labute approximate surface area is 101 Å². The minimum absolute atomic E-state index is 0.0889. The lowest BCUT2D eigenvalue weighted by atomic mass is 10.0. The monoisotopic (exact) mass is 244 g/mol. The molecule has 2 unspecified atom stereocenters. The third-order valence-corrected chi connectivity index (χ3v) is 2.78. The average molecular weight is 244 g/mol. The van der Waals surface area contributed by atoms with Crippen LogP contribution in [0.15, 0.2) is 0 Å². The lowest BCUT2D eigenvalue weighted by Gasteiger charge is -2.25. The second-order valence-electron chi connectivity index (χ2n) is 4.69. The summed E-state index contributed by atoms with van der Waals surface area (Å²) in [5.41, 5.74) is 0. The predicted molar refractivity (Wildman–Crippen MR) is 61.6 cm³/mol. The van der Waals surface area contributed by atoms with Gasteiger partial charge in [0.05, 0.1) is 25.7 Å². The normalized spacial score (nSPS) is 24.3. The van der Waals surface area contributed by atoms with Crippen LogP contribution in [0.2, 0.25) is 0 Å². The van der Waals surface area contributed by atoms with Gasteiger partial charge in [-0.15, -0.1) is 0 Å². The molecule has 17 heavy (non-hydrogen) atoms. The number of ether oxygens (including phenoxy) is 1. The number of carboxylic acid groups (broad SMARTS) is 1. The Bertz CT molecular complexity index is 293. The average Bonchev–Trinajstić information content (AvgIpc) is 2.63. The van der Waals surface area contributed by atoms with Crippen LogP contribution in [0.4, 0.5) is 0 Å². The van der Waals surface area contributed by atoms with Crippen molar-refractivity contribution >= 4 is 11.9 Å². The van der Waals surface area contributed by atoms with Gasteiger partial charge in [0, 0.05) is 12.1 Å². The van der Waals surface area contributed by atoms with Crippen molar-refractivity contribution in [2.75, 3.05) is 26.8 Å². The molecule has 1 fully saturated rings. The number of amides is 1. The summed E-state index contributed by atoms with van der Waals surface area (Å²) in [6, 6.07) is -0.142. The lowest BCUT2D eigenvalue weighted by Crippen LogP contribution is -2.46. The standard InChI is InChI=1S/C11H20N2O4/c1-7(2)12-10(14)4-13(3)9-6-17-5-8(9)11(15)16/h7-9H,4-6H2,1-3H3,(H,12,14)(H,15,16). The minimum Gasteiger partial charge on any atom is -0.481 e. The van der Waals surface area contributed by atoms with Crippen LogP contribution in [0.3, 0.4) is 0 Å². The number of likely N-dealkylation sites (N-methyl/N-ethyl adjacent to an activating group) is 1. The number of rotatable bonds is 5. The van der Waals surface area contributed by atoms with E-state index in [1.54, 1.807) is 11.9 Å². The van der Waals surface area contributed by atoms with E-state index in [1.807, 2.05) is 13.8 Å². The summed E-state index contributed by atoms with van der Waals surface area (Å²) in [4.78, 5) is 24.3. The summed E-state index contributed by atoms with van der Waals surface area (Å²) in [5.74, 6) is -1.52. The quantitative estimate of drug-likeness (QED) is 0.684. The van der Waals surface area contributed by atoms with Crippen LogP contribution in [0, 0.1) is 5.92 Å². The van der Waals surface area contributed by atoms with Gasteiger partial charge in [0.1, 0.15) is 0 Å². The van der Waals surface area contributed by atoms with Crippen LogP contribution < -0.4 is 5.32 Å². The minimum atomic E-state index is -0.872. The predicted octanol–water partition coefficient (Wildman–Crippen LogP) is -0.458. The number of nitrogens with zero attached hydrogens (tertiary/aromatic N) is 1.